The van der Waals surface area contributed by atoms with Crippen molar-refractivity contribution in [3.8, 4) is 17.6 Å². The maximum absolute atomic E-state index is 13.6. The first-order chi connectivity index (χ1) is 20.7. The smallest absolute Gasteiger partial charge is 0.416 e. The van der Waals surface area contributed by atoms with Crippen molar-refractivity contribution in [2.75, 3.05) is 4.90 Å². The fraction of sp³-hybridized carbons (Fsp3) is 0.182. The van der Waals surface area contributed by atoms with E-state index in [4.69, 9.17) is 15.7 Å². The molecule has 0 aliphatic heterocycles. The van der Waals surface area contributed by atoms with Gasteiger partial charge in [-0.3, -0.25) is 9.59 Å². The third kappa shape index (κ3) is 8.44. The minimum absolute atomic E-state index is 0.0677. The van der Waals surface area contributed by atoms with E-state index in [1.807, 2.05) is 12.1 Å². The molecule has 220 valence electrons. The van der Waals surface area contributed by atoms with Gasteiger partial charge in [0.25, 0.3) is 0 Å². The molecule has 3 N–H and O–H groups in total. The van der Waals surface area contributed by atoms with Crippen molar-refractivity contribution in [2.45, 2.75) is 38.7 Å². The van der Waals surface area contributed by atoms with Crippen LogP contribution in [0.5, 0.6) is 11.5 Å². The van der Waals surface area contributed by atoms with Crippen molar-refractivity contribution in [1.82, 2.24) is 5.32 Å². The van der Waals surface area contributed by atoms with Gasteiger partial charge in [-0.05, 0) is 59.2 Å². The number of amides is 2. The molecule has 4 rings (SSSR count). The first kappa shape index (κ1) is 30.8. The molecule has 0 aliphatic rings. The zero-order valence-electron chi connectivity index (χ0n) is 23.1. The summed E-state index contributed by atoms with van der Waals surface area (Å²) in [7, 11) is 0. The second-order valence-electron chi connectivity index (χ2n) is 9.64. The standard InChI is InChI=1S/C33H29F3N4O3/c34-33(35,36)28-9-2-1-7-26(28)21-39-31(41)16-17-32(42)40(22-24-14-12-23(19-37)13-15-24)29-10-3-4-11-30(29)43-27-8-5-6-25(18-27)20-38/h1-15,18H,16-17,20-22,38H2,(H,39,41). The molecule has 0 aliphatic carbocycles. The molecular weight excluding hydrogens is 557 g/mol. The minimum Gasteiger partial charge on any atom is -0.455 e. The van der Waals surface area contributed by atoms with Crippen LogP contribution >= 0.6 is 0 Å². The van der Waals surface area contributed by atoms with E-state index >= 15 is 0 Å². The summed E-state index contributed by atoms with van der Waals surface area (Å²) < 4.78 is 46.1. The summed E-state index contributed by atoms with van der Waals surface area (Å²) in [5.74, 6) is -0.0414. The van der Waals surface area contributed by atoms with E-state index in [1.54, 1.807) is 60.7 Å². The number of carbonyl (C=O) groups excluding carboxylic acids is 2. The highest BCUT2D eigenvalue weighted by Gasteiger charge is 2.32. The molecule has 10 heteroatoms. The van der Waals surface area contributed by atoms with Crippen molar-refractivity contribution in [2.24, 2.45) is 5.73 Å². The van der Waals surface area contributed by atoms with Gasteiger partial charge in [-0.1, -0.05) is 54.6 Å². The second kappa shape index (κ2) is 14.2. The third-order valence-corrected chi connectivity index (χ3v) is 6.61. The van der Waals surface area contributed by atoms with Crippen LogP contribution in [0.3, 0.4) is 0 Å². The molecule has 0 saturated carbocycles. The Balaban J connectivity index is 1.52. The minimum atomic E-state index is -4.55. The van der Waals surface area contributed by atoms with Crippen LogP contribution in [-0.2, 0) is 35.4 Å². The molecule has 0 bridgehead atoms. The zero-order chi connectivity index (χ0) is 30.8. The van der Waals surface area contributed by atoms with Crippen molar-refractivity contribution >= 4 is 17.5 Å². The van der Waals surface area contributed by atoms with Crippen LogP contribution in [0.25, 0.3) is 0 Å². The van der Waals surface area contributed by atoms with E-state index in [2.05, 4.69) is 11.4 Å². The Labute approximate surface area is 247 Å². The summed E-state index contributed by atoms with van der Waals surface area (Å²) in [6, 6.07) is 28.0. The van der Waals surface area contributed by atoms with Crippen LogP contribution in [-0.4, -0.2) is 11.8 Å². The topological polar surface area (TPSA) is 108 Å². The number of anilines is 1. The Morgan fingerprint density at radius 3 is 2.33 bits per heavy atom. The predicted molar refractivity (Wildman–Crippen MR) is 156 cm³/mol. The van der Waals surface area contributed by atoms with Crippen molar-refractivity contribution in [3.63, 3.8) is 0 Å². The van der Waals surface area contributed by atoms with Crippen LogP contribution < -0.4 is 20.7 Å². The molecule has 0 spiro atoms. The number of carbonyl (C=O) groups is 2. The lowest BCUT2D eigenvalue weighted by Gasteiger charge is -2.25. The quantitative estimate of drug-likeness (QED) is 0.210. The summed E-state index contributed by atoms with van der Waals surface area (Å²) in [5.41, 5.74) is 7.39. The number of halogens is 3. The van der Waals surface area contributed by atoms with Crippen LogP contribution in [0.2, 0.25) is 0 Å². The monoisotopic (exact) mass is 586 g/mol. The van der Waals surface area contributed by atoms with Gasteiger partial charge in [-0.25, -0.2) is 0 Å². The van der Waals surface area contributed by atoms with Gasteiger partial charge in [0.1, 0.15) is 5.75 Å². The fourth-order valence-corrected chi connectivity index (χ4v) is 4.39. The lowest BCUT2D eigenvalue weighted by molar-refractivity contribution is -0.138. The van der Waals surface area contributed by atoms with E-state index < -0.39 is 23.6 Å². The highest BCUT2D eigenvalue weighted by atomic mass is 19.4. The molecule has 43 heavy (non-hydrogen) atoms. The molecule has 0 heterocycles. The Hall–Kier alpha value is -5.14. The van der Waals surface area contributed by atoms with Crippen LogP contribution in [0.15, 0.2) is 97.1 Å². The van der Waals surface area contributed by atoms with Gasteiger partial charge in [0.2, 0.25) is 11.8 Å². The lowest BCUT2D eigenvalue weighted by atomic mass is 10.1. The molecule has 0 fully saturated rings. The van der Waals surface area contributed by atoms with Crippen LogP contribution in [0.1, 0.15) is 40.7 Å². The maximum Gasteiger partial charge on any atom is 0.416 e. The van der Waals surface area contributed by atoms with E-state index in [9.17, 15) is 22.8 Å². The normalized spacial score (nSPS) is 11.0. The van der Waals surface area contributed by atoms with Crippen LogP contribution in [0, 0.1) is 11.3 Å². The van der Waals surface area contributed by atoms with Gasteiger partial charge < -0.3 is 20.7 Å². The lowest BCUT2D eigenvalue weighted by Crippen LogP contribution is -2.32. The summed E-state index contributed by atoms with van der Waals surface area (Å²) in [6.45, 7) is 0.122. The van der Waals surface area contributed by atoms with Gasteiger partial charge >= 0.3 is 6.18 Å². The summed E-state index contributed by atoms with van der Waals surface area (Å²) in [6.07, 6.45) is -5.00. The Morgan fingerprint density at radius 2 is 1.60 bits per heavy atom. The number of rotatable bonds is 11. The number of alkyl halides is 3. The molecule has 2 amide bonds. The highest BCUT2D eigenvalue weighted by molar-refractivity contribution is 5.96. The average molecular weight is 587 g/mol. The number of benzene rings is 4. The van der Waals surface area contributed by atoms with Gasteiger partial charge in [-0.15, -0.1) is 0 Å². The van der Waals surface area contributed by atoms with E-state index in [1.165, 1.54) is 23.1 Å². The number of nitrogens with zero attached hydrogens (tertiary/aromatic N) is 2. The summed E-state index contributed by atoms with van der Waals surface area (Å²) in [5, 5.41) is 11.6. The highest BCUT2D eigenvalue weighted by Crippen LogP contribution is 2.34. The number of hydrogen-bond donors (Lipinski definition) is 2. The number of nitrogens with one attached hydrogen (secondary N) is 1. The van der Waals surface area contributed by atoms with Gasteiger partial charge in [0.15, 0.2) is 5.75 Å². The molecule has 0 unspecified atom stereocenters. The number of nitriles is 1. The van der Waals surface area contributed by atoms with Gasteiger partial charge in [-0.2, -0.15) is 18.4 Å². The van der Waals surface area contributed by atoms with Gasteiger partial charge in [0.05, 0.1) is 29.4 Å². The Kier molecular flexibility index (Phi) is 10.1. The van der Waals surface area contributed by atoms with E-state index in [-0.39, 0.29) is 31.5 Å². The average Bonchev–Trinajstić information content (AvgIpc) is 3.02. The van der Waals surface area contributed by atoms with E-state index in [0.717, 1.165) is 17.2 Å². The van der Waals surface area contributed by atoms with Crippen LogP contribution in [0.4, 0.5) is 18.9 Å². The summed E-state index contributed by atoms with van der Waals surface area (Å²) >= 11 is 0. The molecule has 4 aromatic carbocycles. The zero-order valence-corrected chi connectivity index (χ0v) is 23.1. The Morgan fingerprint density at radius 1 is 0.884 bits per heavy atom. The van der Waals surface area contributed by atoms with E-state index in [0.29, 0.717) is 29.3 Å². The molecule has 7 nitrogen and oxygen atoms in total. The Bertz CT molecular complexity index is 1610. The van der Waals surface area contributed by atoms with Crippen molar-refractivity contribution < 1.29 is 27.5 Å². The third-order valence-electron chi connectivity index (χ3n) is 6.61. The second-order valence-corrected chi connectivity index (χ2v) is 9.64. The first-order valence-electron chi connectivity index (χ1n) is 13.4. The first-order valence-corrected chi connectivity index (χ1v) is 13.4. The fourth-order valence-electron chi connectivity index (χ4n) is 4.39. The SMILES string of the molecule is N#Cc1ccc(CN(C(=O)CCC(=O)NCc2ccccc2C(F)(F)F)c2ccccc2Oc2cccc(CN)c2)cc1. The molecule has 4 aromatic rings. The maximum atomic E-state index is 13.6. The largest absolute Gasteiger partial charge is 0.455 e. The van der Waals surface area contributed by atoms with Crippen molar-refractivity contribution in [3.05, 3.63) is 125 Å². The molecule has 0 aromatic heterocycles. The molecular formula is C33H29F3N4O3. The number of ether oxygens (including phenoxy) is 1. The number of hydrogen-bond acceptors (Lipinski definition) is 5. The number of nitrogens with two attached hydrogens (primary N) is 1. The molecule has 0 radical (unpaired) electrons. The predicted octanol–water partition coefficient (Wildman–Crippen LogP) is 6.46. The molecule has 0 saturated heterocycles. The van der Waals surface area contributed by atoms with Crippen molar-refractivity contribution in [1.29, 1.82) is 5.26 Å². The summed E-state index contributed by atoms with van der Waals surface area (Å²) in [4.78, 5) is 27.7. The van der Waals surface area contributed by atoms with Gasteiger partial charge in [0, 0.05) is 25.9 Å². The molecule has 0 atom stereocenters. The number of para-hydroxylation sites is 2.